The number of rotatable bonds is 2. The molecular weight excluding hydrogens is 228 g/mol. The van der Waals surface area contributed by atoms with Gasteiger partial charge in [-0.2, -0.15) is 0 Å². The maximum absolute atomic E-state index is 12.0. The second kappa shape index (κ2) is 4.70. The molecule has 0 aromatic carbocycles. The van der Waals surface area contributed by atoms with Crippen molar-refractivity contribution >= 4 is 17.5 Å². The summed E-state index contributed by atoms with van der Waals surface area (Å²) < 4.78 is 5.75. The Balaban J connectivity index is 2.32. The Bertz CT molecular complexity index is 397. The molecule has 0 fully saturated rings. The predicted octanol–water partition coefficient (Wildman–Crippen LogP) is 1.54. The van der Waals surface area contributed by atoms with Gasteiger partial charge in [0.1, 0.15) is 11.9 Å². The Kier molecular flexibility index (Phi) is 3.29. The van der Waals surface area contributed by atoms with E-state index in [1.807, 2.05) is 0 Å². The van der Waals surface area contributed by atoms with Crippen LogP contribution in [0, 0.1) is 0 Å². The Morgan fingerprint density at radius 3 is 3.25 bits per heavy atom. The lowest BCUT2D eigenvalue weighted by Crippen LogP contribution is -2.34. The van der Waals surface area contributed by atoms with Crippen molar-refractivity contribution in [2.75, 3.05) is 19.5 Å². The average Bonchev–Trinajstić information content (AvgIpc) is 2.39. The zero-order valence-corrected chi connectivity index (χ0v) is 9.78. The largest absolute Gasteiger partial charge is 0.488 e. The number of likely N-dealkylation sites (N-methyl/N-ethyl adjacent to an activating group) is 1. The number of hydrogen-bond acceptors (Lipinski definition) is 3. The van der Waals surface area contributed by atoms with Crippen molar-refractivity contribution in [2.45, 2.75) is 12.5 Å². The van der Waals surface area contributed by atoms with E-state index in [9.17, 15) is 4.79 Å². The molecule has 1 aliphatic heterocycles. The van der Waals surface area contributed by atoms with Gasteiger partial charge in [-0.1, -0.05) is 0 Å². The number of hydrogen-bond donors (Lipinski definition) is 0. The minimum atomic E-state index is -0.0554. The number of aromatic nitrogens is 1. The molecule has 1 amide bonds. The third-order valence-electron chi connectivity index (χ3n) is 2.56. The lowest BCUT2D eigenvalue weighted by atomic mass is 10.2. The van der Waals surface area contributed by atoms with Gasteiger partial charge in [0.25, 0.3) is 5.91 Å². The van der Waals surface area contributed by atoms with E-state index in [1.54, 1.807) is 24.2 Å². The third-order valence-corrected chi connectivity index (χ3v) is 2.78. The average molecular weight is 241 g/mol. The van der Waals surface area contributed by atoms with Crippen LogP contribution in [0.4, 0.5) is 0 Å². The van der Waals surface area contributed by atoms with Crippen LogP contribution in [0.1, 0.15) is 16.8 Å². The Labute approximate surface area is 99.2 Å². The lowest BCUT2D eigenvalue weighted by molar-refractivity contribution is 0.0759. The molecule has 1 aliphatic rings. The first-order valence-corrected chi connectivity index (χ1v) is 5.68. The molecule has 1 unspecified atom stereocenters. The van der Waals surface area contributed by atoms with E-state index in [4.69, 9.17) is 16.3 Å². The van der Waals surface area contributed by atoms with Crippen LogP contribution in [0.5, 0.6) is 5.75 Å². The fraction of sp³-hybridized carbons (Fsp3) is 0.455. The molecule has 0 saturated carbocycles. The second-order valence-corrected chi connectivity index (χ2v) is 4.15. The Morgan fingerprint density at radius 2 is 2.50 bits per heavy atom. The highest BCUT2D eigenvalue weighted by atomic mass is 35.5. The first kappa shape index (κ1) is 11.2. The fourth-order valence-electron chi connectivity index (χ4n) is 1.73. The van der Waals surface area contributed by atoms with Crippen molar-refractivity contribution in [1.29, 1.82) is 0 Å². The molecule has 16 heavy (non-hydrogen) atoms. The van der Waals surface area contributed by atoms with Crippen LogP contribution >= 0.6 is 11.6 Å². The summed E-state index contributed by atoms with van der Waals surface area (Å²) in [7, 11) is 1.76. The molecule has 0 radical (unpaired) electrons. The van der Waals surface area contributed by atoms with Crippen LogP contribution in [0.25, 0.3) is 0 Å². The molecule has 0 bridgehead atoms. The summed E-state index contributed by atoms with van der Waals surface area (Å²) in [6.07, 6.45) is 3.84. The lowest BCUT2D eigenvalue weighted by Gasteiger charge is -2.19. The Hall–Kier alpha value is -1.29. The van der Waals surface area contributed by atoms with Gasteiger partial charge in [0.2, 0.25) is 0 Å². The van der Waals surface area contributed by atoms with Gasteiger partial charge in [0, 0.05) is 25.3 Å². The number of carbonyl (C=O) groups is 1. The van der Waals surface area contributed by atoms with Crippen LogP contribution < -0.4 is 4.74 Å². The maximum Gasteiger partial charge on any atom is 0.259 e. The topological polar surface area (TPSA) is 42.4 Å². The second-order valence-electron chi connectivity index (χ2n) is 3.78. The standard InChI is InChI=1S/C11H13ClN2O2/c1-14-7-8(2-4-12)16-10-3-5-13-6-9(10)11(14)15/h3,5-6,8H,2,4,7H2,1H3. The number of fused-ring (bicyclic) bond motifs is 1. The highest BCUT2D eigenvalue weighted by Crippen LogP contribution is 2.24. The quantitative estimate of drug-likeness (QED) is 0.737. The van der Waals surface area contributed by atoms with Gasteiger partial charge in [0.05, 0.1) is 12.1 Å². The van der Waals surface area contributed by atoms with E-state index >= 15 is 0 Å². The Morgan fingerprint density at radius 1 is 1.69 bits per heavy atom. The normalized spacial score (nSPS) is 20.0. The molecular formula is C11H13ClN2O2. The van der Waals surface area contributed by atoms with Gasteiger partial charge in [-0.25, -0.2) is 0 Å². The highest BCUT2D eigenvalue weighted by molar-refractivity contribution is 6.17. The molecule has 1 aromatic rings. The minimum Gasteiger partial charge on any atom is -0.488 e. The molecule has 86 valence electrons. The number of halogens is 1. The van der Waals surface area contributed by atoms with Crippen LogP contribution in [0.3, 0.4) is 0 Å². The predicted molar refractivity (Wildman–Crippen MR) is 61.0 cm³/mol. The van der Waals surface area contributed by atoms with Crippen molar-refractivity contribution in [3.63, 3.8) is 0 Å². The van der Waals surface area contributed by atoms with E-state index in [0.29, 0.717) is 23.7 Å². The van der Waals surface area contributed by atoms with Crippen LogP contribution in [0.2, 0.25) is 0 Å². The smallest absolute Gasteiger partial charge is 0.259 e. The van der Waals surface area contributed by atoms with Gasteiger partial charge in [-0.05, 0) is 12.5 Å². The molecule has 0 aliphatic carbocycles. The molecule has 4 nitrogen and oxygen atoms in total. The SMILES string of the molecule is CN1CC(CCCl)Oc2ccncc2C1=O. The first-order chi connectivity index (χ1) is 7.72. The number of nitrogens with zero attached hydrogens (tertiary/aromatic N) is 2. The molecule has 1 aromatic heterocycles. The molecule has 0 spiro atoms. The highest BCUT2D eigenvalue weighted by Gasteiger charge is 2.26. The number of amides is 1. The zero-order chi connectivity index (χ0) is 11.5. The fourth-order valence-corrected chi connectivity index (χ4v) is 1.97. The van der Waals surface area contributed by atoms with Gasteiger partial charge in [-0.3, -0.25) is 9.78 Å². The van der Waals surface area contributed by atoms with E-state index < -0.39 is 0 Å². The zero-order valence-electron chi connectivity index (χ0n) is 9.02. The number of ether oxygens (including phenoxy) is 1. The van der Waals surface area contributed by atoms with Gasteiger partial charge in [0.15, 0.2) is 0 Å². The summed E-state index contributed by atoms with van der Waals surface area (Å²) >= 11 is 5.70. The minimum absolute atomic E-state index is 0.0462. The van der Waals surface area contributed by atoms with E-state index in [2.05, 4.69) is 4.98 Å². The number of pyridine rings is 1. The van der Waals surface area contributed by atoms with Crippen molar-refractivity contribution in [1.82, 2.24) is 9.88 Å². The molecule has 5 heteroatoms. The van der Waals surface area contributed by atoms with Crippen LogP contribution in [-0.2, 0) is 0 Å². The van der Waals surface area contributed by atoms with Crippen molar-refractivity contribution in [3.05, 3.63) is 24.0 Å². The molecule has 2 heterocycles. The molecule has 1 atom stereocenters. The summed E-state index contributed by atoms with van der Waals surface area (Å²) in [6.45, 7) is 0.556. The van der Waals surface area contributed by atoms with Crippen LogP contribution in [0.15, 0.2) is 18.5 Å². The number of alkyl halides is 1. The van der Waals surface area contributed by atoms with E-state index in [-0.39, 0.29) is 12.0 Å². The van der Waals surface area contributed by atoms with Crippen LogP contribution in [-0.4, -0.2) is 41.4 Å². The first-order valence-electron chi connectivity index (χ1n) is 5.14. The maximum atomic E-state index is 12.0. The van der Waals surface area contributed by atoms with E-state index in [1.165, 1.54) is 6.20 Å². The molecule has 2 rings (SSSR count). The van der Waals surface area contributed by atoms with Crippen molar-refractivity contribution in [2.24, 2.45) is 0 Å². The summed E-state index contributed by atoms with van der Waals surface area (Å²) in [4.78, 5) is 17.5. The van der Waals surface area contributed by atoms with Crippen molar-refractivity contribution in [3.8, 4) is 5.75 Å². The molecule has 0 saturated heterocycles. The third kappa shape index (κ3) is 2.11. The molecule has 0 N–H and O–H groups in total. The summed E-state index contributed by atoms with van der Waals surface area (Å²) in [6, 6.07) is 1.72. The van der Waals surface area contributed by atoms with Gasteiger partial charge in [-0.15, -0.1) is 11.6 Å². The van der Waals surface area contributed by atoms with E-state index in [0.717, 1.165) is 6.42 Å². The summed E-state index contributed by atoms with van der Waals surface area (Å²) in [5, 5.41) is 0. The summed E-state index contributed by atoms with van der Waals surface area (Å²) in [5.74, 6) is 1.06. The van der Waals surface area contributed by atoms with Crippen molar-refractivity contribution < 1.29 is 9.53 Å². The number of carbonyl (C=O) groups excluding carboxylic acids is 1. The summed E-state index contributed by atoms with van der Waals surface area (Å²) in [5.41, 5.74) is 0.516. The van der Waals surface area contributed by atoms with Gasteiger partial charge >= 0.3 is 0 Å². The monoisotopic (exact) mass is 240 g/mol. The van der Waals surface area contributed by atoms with Gasteiger partial charge < -0.3 is 9.64 Å².